The number of hydrogen-bond donors (Lipinski definition) is 0. The van der Waals surface area contributed by atoms with Crippen LogP contribution in [0.1, 0.15) is 58.7 Å². The maximum absolute atomic E-state index is 13.2. The van der Waals surface area contributed by atoms with Gasteiger partial charge in [0.15, 0.2) is 0 Å². The minimum absolute atomic E-state index is 0.0987. The smallest absolute Gasteiger partial charge is 0.230 e. The Labute approximate surface area is 190 Å². The second-order valence-electron chi connectivity index (χ2n) is 6.90. The number of aromatic nitrogens is 2. The van der Waals surface area contributed by atoms with Gasteiger partial charge in [-0.05, 0) is 47.5 Å². The maximum Gasteiger partial charge on any atom is 0.230 e. The molecule has 0 amide bonds. The predicted octanol–water partition coefficient (Wildman–Crippen LogP) is 7.69. The number of benzene rings is 1. The molecule has 0 aliphatic rings. The first-order chi connectivity index (χ1) is 14.1. The highest BCUT2D eigenvalue weighted by Gasteiger charge is 2.23. The van der Waals surface area contributed by atoms with Crippen LogP contribution >= 0.6 is 46.3 Å². The van der Waals surface area contributed by atoms with E-state index in [1.807, 2.05) is 28.3 Å². The minimum Gasteiger partial charge on any atom is -0.336 e. The number of nitrogens with zero attached hydrogens (tertiary/aromatic N) is 2. The number of thioether (sulfide) groups is 1. The third kappa shape index (κ3) is 6.35. The van der Waals surface area contributed by atoms with Gasteiger partial charge in [-0.1, -0.05) is 67.2 Å². The summed E-state index contributed by atoms with van der Waals surface area (Å²) >= 11 is 15.4. The van der Waals surface area contributed by atoms with Crippen molar-refractivity contribution in [1.29, 1.82) is 0 Å². The summed E-state index contributed by atoms with van der Waals surface area (Å²) in [5.74, 6) is 0. The van der Waals surface area contributed by atoms with Gasteiger partial charge in [0, 0.05) is 29.0 Å². The first-order valence-electron chi connectivity index (χ1n) is 9.76. The van der Waals surface area contributed by atoms with E-state index in [0.717, 1.165) is 28.8 Å². The van der Waals surface area contributed by atoms with Crippen molar-refractivity contribution in [2.24, 2.45) is 0 Å². The van der Waals surface area contributed by atoms with Gasteiger partial charge < -0.3 is 4.57 Å². The summed E-state index contributed by atoms with van der Waals surface area (Å²) in [6, 6.07) is 7.55. The Morgan fingerprint density at radius 3 is 2.83 bits per heavy atom. The molecule has 0 saturated heterocycles. The van der Waals surface area contributed by atoms with Crippen LogP contribution in [0, 0.1) is 0 Å². The zero-order chi connectivity index (χ0) is 20.6. The molecule has 0 bridgehead atoms. The van der Waals surface area contributed by atoms with Gasteiger partial charge in [0.1, 0.15) is 0 Å². The van der Waals surface area contributed by atoms with Crippen LogP contribution in [0.3, 0.4) is 0 Å². The highest BCUT2D eigenvalue weighted by molar-refractivity contribution is 8.14. The summed E-state index contributed by atoms with van der Waals surface area (Å²) in [6.07, 6.45) is 11.1. The van der Waals surface area contributed by atoms with Crippen LogP contribution in [0.15, 0.2) is 48.4 Å². The first-order valence-corrected chi connectivity index (χ1v) is 12.3. The average Bonchev–Trinajstić information content (AvgIpc) is 3.36. The molecule has 154 valence electrons. The SMILES string of the molecule is CCCCCCc1ccsc1C(=O)SC(Cn1ccnc1)c1ccc(Cl)cc1Cl. The highest BCUT2D eigenvalue weighted by Crippen LogP contribution is 2.39. The van der Waals surface area contributed by atoms with Crippen LogP contribution in [0.2, 0.25) is 10.0 Å². The predicted molar refractivity (Wildman–Crippen MR) is 126 cm³/mol. The molecule has 3 nitrogen and oxygen atoms in total. The molecule has 29 heavy (non-hydrogen) atoms. The maximum atomic E-state index is 13.2. The molecule has 3 aromatic rings. The van der Waals surface area contributed by atoms with E-state index in [-0.39, 0.29) is 10.4 Å². The fraction of sp³-hybridized carbons (Fsp3) is 0.364. The van der Waals surface area contributed by atoms with Crippen molar-refractivity contribution in [3.63, 3.8) is 0 Å². The molecule has 0 spiro atoms. The monoisotopic (exact) mass is 466 g/mol. The zero-order valence-corrected chi connectivity index (χ0v) is 19.5. The largest absolute Gasteiger partial charge is 0.336 e. The van der Waals surface area contributed by atoms with E-state index in [2.05, 4.69) is 18.0 Å². The third-order valence-corrected chi connectivity index (χ3v) is 7.48. The fourth-order valence-electron chi connectivity index (χ4n) is 3.18. The summed E-state index contributed by atoms with van der Waals surface area (Å²) in [5.41, 5.74) is 2.07. The number of carbonyl (C=O) groups excluding carboxylic acids is 1. The average molecular weight is 467 g/mol. The van der Waals surface area contributed by atoms with Gasteiger partial charge in [-0.15, -0.1) is 11.3 Å². The van der Waals surface area contributed by atoms with Crippen LogP contribution in [-0.2, 0) is 13.0 Å². The number of carbonyl (C=O) groups is 1. The van der Waals surface area contributed by atoms with E-state index in [1.54, 1.807) is 18.6 Å². The molecular weight excluding hydrogens is 443 g/mol. The fourth-order valence-corrected chi connectivity index (χ4v) is 5.94. The quantitative estimate of drug-likeness (QED) is 0.287. The van der Waals surface area contributed by atoms with Gasteiger partial charge in [0.2, 0.25) is 5.12 Å². The number of hydrogen-bond acceptors (Lipinski definition) is 4. The number of imidazole rings is 1. The lowest BCUT2D eigenvalue weighted by atomic mass is 10.1. The Balaban J connectivity index is 1.77. The lowest BCUT2D eigenvalue weighted by Gasteiger charge is -2.18. The molecule has 2 heterocycles. The minimum atomic E-state index is -0.128. The van der Waals surface area contributed by atoms with Crippen molar-refractivity contribution in [2.45, 2.75) is 50.8 Å². The molecule has 0 radical (unpaired) electrons. The second kappa shape index (κ2) is 11.2. The molecule has 2 aromatic heterocycles. The topological polar surface area (TPSA) is 34.9 Å². The number of aryl methyl sites for hydroxylation is 1. The number of unbranched alkanes of at least 4 members (excludes halogenated alkanes) is 3. The first kappa shape index (κ1) is 22.4. The Morgan fingerprint density at radius 2 is 2.10 bits per heavy atom. The van der Waals surface area contributed by atoms with Crippen LogP contribution in [-0.4, -0.2) is 14.7 Å². The summed E-state index contributed by atoms with van der Waals surface area (Å²) in [7, 11) is 0. The molecule has 0 saturated carbocycles. The normalized spacial score (nSPS) is 12.2. The van der Waals surface area contributed by atoms with Crippen molar-refractivity contribution in [3.8, 4) is 0 Å². The van der Waals surface area contributed by atoms with Crippen molar-refractivity contribution in [1.82, 2.24) is 9.55 Å². The Kier molecular flexibility index (Phi) is 8.67. The Hall–Kier alpha value is -1.27. The molecule has 1 aromatic carbocycles. The number of thiophene rings is 1. The van der Waals surface area contributed by atoms with Crippen molar-refractivity contribution >= 4 is 51.4 Å². The van der Waals surface area contributed by atoms with Crippen molar-refractivity contribution in [3.05, 3.63) is 74.4 Å². The summed E-state index contributed by atoms with van der Waals surface area (Å²) in [6.45, 7) is 2.81. The number of halogens is 2. The van der Waals surface area contributed by atoms with Crippen LogP contribution < -0.4 is 0 Å². The van der Waals surface area contributed by atoms with Gasteiger partial charge >= 0.3 is 0 Å². The van der Waals surface area contributed by atoms with Gasteiger partial charge in [-0.3, -0.25) is 4.79 Å². The molecule has 0 aliphatic carbocycles. The molecular formula is C22H24Cl2N2OS2. The van der Waals surface area contributed by atoms with E-state index in [4.69, 9.17) is 23.2 Å². The molecule has 0 fully saturated rings. The van der Waals surface area contributed by atoms with Gasteiger partial charge in [-0.2, -0.15) is 0 Å². The van der Waals surface area contributed by atoms with Gasteiger partial charge in [-0.25, -0.2) is 4.98 Å². The summed E-state index contributed by atoms with van der Waals surface area (Å²) in [5, 5.41) is 3.15. The molecule has 1 unspecified atom stereocenters. The van der Waals surface area contributed by atoms with Crippen LogP contribution in [0.25, 0.3) is 0 Å². The Bertz CT molecular complexity index is 925. The van der Waals surface area contributed by atoms with Crippen LogP contribution in [0.5, 0.6) is 0 Å². The summed E-state index contributed by atoms with van der Waals surface area (Å²) < 4.78 is 1.97. The zero-order valence-electron chi connectivity index (χ0n) is 16.3. The lowest BCUT2D eigenvalue weighted by molar-refractivity contribution is 0.109. The van der Waals surface area contributed by atoms with Gasteiger partial charge in [0.05, 0.1) is 16.5 Å². The Morgan fingerprint density at radius 1 is 1.24 bits per heavy atom. The van der Waals surface area contributed by atoms with E-state index in [1.165, 1.54) is 42.4 Å². The van der Waals surface area contributed by atoms with E-state index in [0.29, 0.717) is 16.6 Å². The van der Waals surface area contributed by atoms with E-state index < -0.39 is 0 Å². The molecule has 1 atom stereocenters. The highest BCUT2D eigenvalue weighted by atomic mass is 35.5. The second-order valence-corrected chi connectivity index (χ2v) is 9.84. The van der Waals surface area contributed by atoms with Crippen molar-refractivity contribution < 1.29 is 4.79 Å². The molecule has 7 heteroatoms. The number of rotatable bonds is 10. The van der Waals surface area contributed by atoms with Crippen molar-refractivity contribution in [2.75, 3.05) is 0 Å². The third-order valence-electron chi connectivity index (χ3n) is 4.73. The standard InChI is InChI=1S/C22H24Cl2N2OS2/c1-2-3-4-5-6-16-9-12-28-21(16)22(27)29-20(14-26-11-10-25-15-26)18-8-7-17(23)13-19(18)24/h7-13,15,20H,2-6,14H2,1H3. The van der Waals surface area contributed by atoms with Gasteiger partial charge in [0.25, 0.3) is 0 Å². The molecule has 0 aliphatic heterocycles. The van der Waals surface area contributed by atoms with E-state index >= 15 is 0 Å². The summed E-state index contributed by atoms with van der Waals surface area (Å²) in [4.78, 5) is 18.2. The lowest BCUT2D eigenvalue weighted by Crippen LogP contribution is -2.09. The van der Waals surface area contributed by atoms with E-state index in [9.17, 15) is 4.79 Å². The molecule has 0 N–H and O–H groups in total. The molecule has 3 rings (SSSR count). The van der Waals surface area contributed by atoms with Crippen LogP contribution in [0.4, 0.5) is 0 Å².